The second kappa shape index (κ2) is 10.0. The molecule has 0 atom stereocenters. The number of amides is 1. The summed E-state index contributed by atoms with van der Waals surface area (Å²) in [6.45, 7) is 0. The van der Waals surface area contributed by atoms with Gasteiger partial charge < -0.3 is 9.73 Å². The minimum Gasteiger partial charge on any atom is -0.416 e. The van der Waals surface area contributed by atoms with Gasteiger partial charge in [-0.25, -0.2) is 9.37 Å². The van der Waals surface area contributed by atoms with E-state index in [9.17, 15) is 9.18 Å². The van der Waals surface area contributed by atoms with Crippen LogP contribution in [-0.4, -0.2) is 21.1 Å². The van der Waals surface area contributed by atoms with E-state index in [1.807, 2.05) is 35.7 Å². The lowest BCUT2D eigenvalue weighted by Gasteiger charge is -2.02. The molecule has 0 bridgehead atoms. The van der Waals surface area contributed by atoms with Crippen LogP contribution in [0.25, 0.3) is 0 Å². The molecule has 1 amide bonds. The predicted molar refractivity (Wildman–Crippen MR) is 119 cm³/mol. The summed E-state index contributed by atoms with van der Waals surface area (Å²) in [7, 11) is 0. The molecular formula is C21H16ClFN4O2S2. The summed E-state index contributed by atoms with van der Waals surface area (Å²) in [5.41, 5.74) is 1.89. The first-order valence-corrected chi connectivity index (χ1v) is 11.5. The molecule has 0 aliphatic heterocycles. The molecule has 1 N–H and O–H groups in total. The number of halogens is 2. The highest BCUT2D eigenvalue weighted by atomic mass is 35.5. The van der Waals surface area contributed by atoms with Crippen LogP contribution in [0.1, 0.15) is 22.2 Å². The number of para-hydroxylation sites is 1. The number of carbonyl (C=O) groups is 1. The Morgan fingerprint density at radius 1 is 1.16 bits per heavy atom. The van der Waals surface area contributed by atoms with E-state index in [1.54, 1.807) is 12.1 Å². The highest BCUT2D eigenvalue weighted by Crippen LogP contribution is 2.26. The van der Waals surface area contributed by atoms with Crippen molar-refractivity contribution in [2.75, 3.05) is 5.32 Å². The molecule has 2 aromatic carbocycles. The first-order chi connectivity index (χ1) is 15.1. The lowest BCUT2D eigenvalue weighted by Crippen LogP contribution is -2.14. The molecule has 2 aromatic heterocycles. The zero-order chi connectivity index (χ0) is 21.6. The number of hydrogen-bond donors (Lipinski definition) is 1. The molecule has 6 nitrogen and oxygen atoms in total. The first-order valence-electron chi connectivity index (χ1n) is 9.23. The second-order valence-electron chi connectivity index (χ2n) is 6.45. The van der Waals surface area contributed by atoms with Crippen molar-refractivity contribution in [1.82, 2.24) is 15.2 Å². The molecule has 0 unspecified atom stereocenters. The van der Waals surface area contributed by atoms with Gasteiger partial charge in [0.1, 0.15) is 10.8 Å². The fourth-order valence-electron chi connectivity index (χ4n) is 2.72. The van der Waals surface area contributed by atoms with Crippen LogP contribution in [0.2, 0.25) is 5.02 Å². The summed E-state index contributed by atoms with van der Waals surface area (Å²) in [6, 6.07) is 13.8. The number of aromatic nitrogens is 3. The van der Waals surface area contributed by atoms with Gasteiger partial charge in [0.25, 0.3) is 5.22 Å². The lowest BCUT2D eigenvalue weighted by molar-refractivity contribution is -0.115. The highest BCUT2D eigenvalue weighted by molar-refractivity contribution is 7.98. The van der Waals surface area contributed by atoms with E-state index in [0.29, 0.717) is 21.6 Å². The summed E-state index contributed by atoms with van der Waals surface area (Å²) >= 11 is 8.79. The Morgan fingerprint density at radius 2 is 2.00 bits per heavy atom. The van der Waals surface area contributed by atoms with E-state index in [2.05, 4.69) is 20.5 Å². The lowest BCUT2D eigenvalue weighted by atomic mass is 10.1. The van der Waals surface area contributed by atoms with Crippen LogP contribution >= 0.6 is 34.7 Å². The zero-order valence-electron chi connectivity index (χ0n) is 16.0. The zero-order valence-corrected chi connectivity index (χ0v) is 18.4. The summed E-state index contributed by atoms with van der Waals surface area (Å²) < 4.78 is 19.5. The highest BCUT2D eigenvalue weighted by Gasteiger charge is 2.14. The molecule has 0 radical (unpaired) electrons. The topological polar surface area (TPSA) is 80.9 Å². The molecule has 0 aliphatic rings. The van der Waals surface area contributed by atoms with E-state index >= 15 is 0 Å². The van der Waals surface area contributed by atoms with Gasteiger partial charge in [0.15, 0.2) is 0 Å². The van der Waals surface area contributed by atoms with Crippen LogP contribution < -0.4 is 5.32 Å². The monoisotopic (exact) mass is 474 g/mol. The van der Waals surface area contributed by atoms with Gasteiger partial charge in [-0.1, -0.05) is 47.6 Å². The molecule has 4 aromatic rings. The van der Waals surface area contributed by atoms with Crippen LogP contribution in [0, 0.1) is 5.82 Å². The Bertz CT molecular complexity index is 1160. The number of thioether (sulfide) groups is 1. The van der Waals surface area contributed by atoms with E-state index in [0.717, 1.165) is 16.4 Å². The number of nitrogens with one attached hydrogen (secondary N) is 1. The summed E-state index contributed by atoms with van der Waals surface area (Å²) in [6.07, 6.45) is 0.328. The molecule has 0 fully saturated rings. The summed E-state index contributed by atoms with van der Waals surface area (Å²) in [5.74, 6) is 0.268. The maximum Gasteiger partial charge on any atom is 0.276 e. The third kappa shape index (κ3) is 5.90. The molecule has 4 rings (SSSR count). The normalized spacial score (nSPS) is 10.9. The number of hydrogen-bond acceptors (Lipinski definition) is 7. The van der Waals surface area contributed by atoms with Crippen LogP contribution in [0.15, 0.2) is 63.6 Å². The van der Waals surface area contributed by atoms with E-state index in [-0.39, 0.29) is 24.6 Å². The van der Waals surface area contributed by atoms with Crippen molar-refractivity contribution in [2.24, 2.45) is 0 Å². The molecule has 31 heavy (non-hydrogen) atoms. The molecule has 2 heterocycles. The van der Waals surface area contributed by atoms with E-state index in [4.69, 9.17) is 16.0 Å². The van der Waals surface area contributed by atoms with Crippen molar-refractivity contribution >= 4 is 46.3 Å². The smallest absolute Gasteiger partial charge is 0.276 e. The standard InChI is InChI=1S/C21H16ClFN4O2S2/c22-16-7-4-8-17(23)15(16)9-19-26-27-21(29-19)31-12-14-11-30-20(25-14)10-18(28)24-13-5-2-1-3-6-13/h1-8,11H,9-10,12H2,(H,24,28). The molecule has 10 heteroatoms. The third-order valence-corrected chi connectivity index (χ3v) is 6.25. The Morgan fingerprint density at radius 3 is 2.81 bits per heavy atom. The largest absolute Gasteiger partial charge is 0.416 e. The molecule has 0 saturated carbocycles. The Labute approximate surface area is 190 Å². The van der Waals surface area contributed by atoms with Gasteiger partial charge in [-0.2, -0.15) is 0 Å². The van der Waals surface area contributed by atoms with Gasteiger partial charge in [0, 0.05) is 27.4 Å². The van der Waals surface area contributed by atoms with Gasteiger partial charge in [0.2, 0.25) is 11.8 Å². The molecular weight excluding hydrogens is 459 g/mol. The van der Waals surface area contributed by atoms with Gasteiger partial charge in [-0.3, -0.25) is 4.79 Å². The van der Waals surface area contributed by atoms with Crippen molar-refractivity contribution in [2.45, 2.75) is 23.8 Å². The fourth-order valence-corrected chi connectivity index (χ4v) is 4.52. The summed E-state index contributed by atoms with van der Waals surface area (Å²) in [4.78, 5) is 16.6. The maximum atomic E-state index is 13.9. The Hall–Kier alpha value is -2.75. The molecule has 0 saturated heterocycles. The number of nitrogens with zero attached hydrogens (tertiary/aromatic N) is 3. The number of benzene rings is 2. The molecule has 0 spiro atoms. The fraction of sp³-hybridized carbons (Fsp3) is 0.143. The second-order valence-corrected chi connectivity index (χ2v) is 8.73. The van der Waals surface area contributed by atoms with E-state index < -0.39 is 5.82 Å². The SMILES string of the molecule is O=C(Cc1nc(CSc2nnc(Cc3c(F)cccc3Cl)o2)cs1)Nc1ccccc1. The summed E-state index contributed by atoms with van der Waals surface area (Å²) in [5, 5.41) is 14.1. The van der Waals surface area contributed by atoms with Crippen LogP contribution in [0.4, 0.5) is 10.1 Å². The molecule has 0 aliphatic carbocycles. The number of carbonyl (C=O) groups excluding carboxylic acids is 1. The van der Waals surface area contributed by atoms with Gasteiger partial charge in [-0.05, 0) is 24.3 Å². The van der Waals surface area contributed by atoms with Crippen molar-refractivity contribution < 1.29 is 13.6 Å². The van der Waals surface area contributed by atoms with Crippen molar-refractivity contribution in [3.63, 3.8) is 0 Å². The van der Waals surface area contributed by atoms with Gasteiger partial charge in [-0.15, -0.1) is 21.5 Å². The van der Waals surface area contributed by atoms with Crippen LogP contribution in [0.3, 0.4) is 0 Å². The average Bonchev–Trinajstić information content (AvgIpc) is 3.39. The first kappa shape index (κ1) is 21.5. The Balaban J connectivity index is 1.29. The predicted octanol–water partition coefficient (Wildman–Crippen LogP) is 5.38. The van der Waals surface area contributed by atoms with Crippen molar-refractivity contribution in [3.8, 4) is 0 Å². The maximum absolute atomic E-state index is 13.9. The van der Waals surface area contributed by atoms with Gasteiger partial charge in [0.05, 0.1) is 18.5 Å². The average molecular weight is 475 g/mol. The molecule has 158 valence electrons. The van der Waals surface area contributed by atoms with Crippen molar-refractivity contribution in [3.05, 3.63) is 86.9 Å². The number of rotatable bonds is 8. The Kier molecular flexibility index (Phi) is 6.96. The van der Waals surface area contributed by atoms with Gasteiger partial charge >= 0.3 is 0 Å². The number of anilines is 1. The third-order valence-electron chi connectivity index (χ3n) is 4.15. The quantitative estimate of drug-likeness (QED) is 0.345. The number of thiazole rings is 1. The van der Waals surface area contributed by atoms with Crippen LogP contribution in [-0.2, 0) is 23.4 Å². The van der Waals surface area contributed by atoms with Crippen molar-refractivity contribution in [1.29, 1.82) is 0 Å². The van der Waals surface area contributed by atoms with E-state index in [1.165, 1.54) is 29.2 Å². The minimum atomic E-state index is -0.411. The minimum absolute atomic E-state index is 0.117. The van der Waals surface area contributed by atoms with Crippen LogP contribution in [0.5, 0.6) is 0 Å².